The highest BCUT2D eigenvalue weighted by Crippen LogP contribution is 2.11. The lowest BCUT2D eigenvalue weighted by Gasteiger charge is -2.01. The summed E-state index contributed by atoms with van der Waals surface area (Å²) in [6.07, 6.45) is 2.68. The van der Waals surface area contributed by atoms with E-state index in [1.165, 1.54) is 19.1 Å². The van der Waals surface area contributed by atoms with Crippen LogP contribution in [0.15, 0.2) is 41.6 Å². The van der Waals surface area contributed by atoms with Crippen molar-refractivity contribution in [2.24, 2.45) is 5.73 Å². The average molecular weight is 305 g/mol. The Balaban J connectivity index is 2.58. The summed E-state index contributed by atoms with van der Waals surface area (Å²) < 4.78 is 4.74. The van der Waals surface area contributed by atoms with E-state index < -0.39 is 18.4 Å². The van der Waals surface area contributed by atoms with E-state index in [9.17, 15) is 9.59 Å². The molecule has 1 aromatic carbocycles. The summed E-state index contributed by atoms with van der Waals surface area (Å²) >= 11 is 5.80. The van der Waals surface area contributed by atoms with Gasteiger partial charge < -0.3 is 10.5 Å². The predicted molar refractivity (Wildman–Crippen MR) is 79.0 cm³/mol. The molecule has 1 rings (SSSR count). The number of Topliss-reactive ketones (excluding diaryl/α,β-unsaturated/α-hetero) is 1. The van der Waals surface area contributed by atoms with Crippen LogP contribution in [0.3, 0.4) is 0 Å². The normalized spacial score (nSPS) is 11.7. The molecule has 0 heterocycles. The number of hydrogen-bond donors (Lipinski definition) is 1. The lowest BCUT2D eigenvalue weighted by Crippen LogP contribution is -2.16. The minimum Gasteiger partial charge on any atom is -0.454 e. The minimum atomic E-state index is -0.699. The lowest BCUT2D eigenvalue weighted by atomic mass is 10.1. The van der Waals surface area contributed by atoms with Gasteiger partial charge in [-0.1, -0.05) is 23.7 Å². The van der Waals surface area contributed by atoms with Crippen molar-refractivity contribution >= 4 is 29.4 Å². The molecule has 0 atom stereocenters. The Labute approximate surface area is 127 Å². The number of nitrogens with zero attached hydrogens (tertiary/aromatic N) is 1. The molecular weight excluding hydrogens is 292 g/mol. The van der Waals surface area contributed by atoms with Gasteiger partial charge in [-0.15, -0.1) is 0 Å². The Kier molecular flexibility index (Phi) is 6.18. The van der Waals surface area contributed by atoms with Crippen LogP contribution in [0.2, 0.25) is 5.02 Å². The van der Waals surface area contributed by atoms with Crippen LogP contribution in [0.4, 0.5) is 0 Å². The van der Waals surface area contributed by atoms with E-state index >= 15 is 0 Å². The van der Waals surface area contributed by atoms with Crippen LogP contribution in [-0.2, 0) is 14.3 Å². The van der Waals surface area contributed by atoms with E-state index in [0.717, 1.165) is 5.56 Å². The fraction of sp³-hybridized carbons (Fsp3) is 0.133. The standard InChI is InChI=1S/C15H13ClN2O3/c1-10(18)13(8-17)14(19)9-21-15(20)6-5-11-3-2-4-12(16)7-11/h2-7H,9,18H2,1H3/b6-5+,13-10-. The van der Waals surface area contributed by atoms with Gasteiger partial charge in [-0.05, 0) is 30.7 Å². The van der Waals surface area contributed by atoms with E-state index in [1.54, 1.807) is 30.3 Å². The van der Waals surface area contributed by atoms with Crippen LogP contribution in [-0.4, -0.2) is 18.4 Å². The number of benzene rings is 1. The first-order valence-corrected chi connectivity index (χ1v) is 6.32. The summed E-state index contributed by atoms with van der Waals surface area (Å²) in [6, 6.07) is 8.55. The SMILES string of the molecule is C/C(N)=C(\C#N)C(=O)COC(=O)/C=C/c1cccc(Cl)c1. The average Bonchev–Trinajstić information content (AvgIpc) is 2.43. The Morgan fingerprint density at radius 3 is 2.76 bits per heavy atom. The number of hydrogen-bond acceptors (Lipinski definition) is 5. The maximum absolute atomic E-state index is 11.6. The van der Waals surface area contributed by atoms with Gasteiger partial charge >= 0.3 is 5.97 Å². The molecule has 5 nitrogen and oxygen atoms in total. The van der Waals surface area contributed by atoms with Gasteiger partial charge in [0.1, 0.15) is 11.6 Å². The minimum absolute atomic E-state index is 0.0908. The van der Waals surface area contributed by atoms with Crippen molar-refractivity contribution < 1.29 is 14.3 Å². The summed E-state index contributed by atoms with van der Waals surface area (Å²) in [5.74, 6) is -1.34. The summed E-state index contributed by atoms with van der Waals surface area (Å²) in [6.45, 7) is 0.896. The van der Waals surface area contributed by atoms with Gasteiger partial charge in [0.05, 0.1) is 0 Å². The highest BCUT2D eigenvalue weighted by molar-refractivity contribution is 6.30. The summed E-state index contributed by atoms with van der Waals surface area (Å²) in [4.78, 5) is 23.0. The van der Waals surface area contributed by atoms with Crippen LogP contribution >= 0.6 is 11.6 Å². The van der Waals surface area contributed by atoms with Gasteiger partial charge in [0, 0.05) is 16.8 Å². The van der Waals surface area contributed by atoms with E-state index in [1.807, 2.05) is 0 Å². The molecule has 0 aliphatic carbocycles. The number of allylic oxidation sites excluding steroid dienone is 1. The molecule has 0 aliphatic rings. The van der Waals surface area contributed by atoms with Crippen LogP contribution in [0.25, 0.3) is 6.08 Å². The molecule has 0 spiro atoms. The van der Waals surface area contributed by atoms with Crippen LogP contribution < -0.4 is 5.73 Å². The van der Waals surface area contributed by atoms with Crippen molar-refractivity contribution in [3.05, 3.63) is 52.2 Å². The van der Waals surface area contributed by atoms with Crippen molar-refractivity contribution in [3.63, 3.8) is 0 Å². The molecule has 2 N–H and O–H groups in total. The molecule has 0 saturated carbocycles. The van der Waals surface area contributed by atoms with Crippen molar-refractivity contribution in [1.82, 2.24) is 0 Å². The van der Waals surface area contributed by atoms with Crippen molar-refractivity contribution in [3.8, 4) is 6.07 Å². The number of ketones is 1. The second kappa shape index (κ2) is 7.88. The summed E-state index contributed by atoms with van der Waals surface area (Å²) in [5, 5.41) is 9.28. The number of ether oxygens (including phenoxy) is 1. The largest absolute Gasteiger partial charge is 0.454 e. The molecule has 1 aromatic rings. The first kappa shape index (κ1) is 16.5. The highest BCUT2D eigenvalue weighted by atomic mass is 35.5. The Bertz CT molecular complexity index is 653. The molecule has 0 aliphatic heterocycles. The van der Waals surface area contributed by atoms with Crippen molar-refractivity contribution in [2.45, 2.75) is 6.92 Å². The zero-order valence-electron chi connectivity index (χ0n) is 11.3. The molecule has 0 amide bonds. The molecule has 0 radical (unpaired) electrons. The molecular formula is C15H13ClN2O3. The molecule has 0 fully saturated rings. The predicted octanol–water partition coefficient (Wildman–Crippen LogP) is 2.22. The topological polar surface area (TPSA) is 93.2 Å². The Morgan fingerprint density at radius 2 is 2.19 bits per heavy atom. The fourth-order valence-electron chi connectivity index (χ4n) is 1.40. The first-order valence-electron chi connectivity index (χ1n) is 5.94. The molecule has 108 valence electrons. The zero-order valence-corrected chi connectivity index (χ0v) is 12.1. The van der Waals surface area contributed by atoms with Crippen molar-refractivity contribution in [2.75, 3.05) is 6.61 Å². The van der Waals surface area contributed by atoms with Gasteiger partial charge in [0.2, 0.25) is 5.78 Å². The summed E-state index contributed by atoms with van der Waals surface area (Å²) in [5.41, 5.74) is 5.98. The van der Waals surface area contributed by atoms with Crippen molar-refractivity contribution in [1.29, 1.82) is 5.26 Å². The number of carbonyl (C=O) groups excluding carboxylic acids is 2. The monoisotopic (exact) mass is 304 g/mol. The van der Waals surface area contributed by atoms with Gasteiger partial charge in [-0.2, -0.15) is 5.26 Å². The Hall–Kier alpha value is -2.58. The van der Waals surface area contributed by atoms with Crippen LogP contribution in [0.1, 0.15) is 12.5 Å². The zero-order chi connectivity index (χ0) is 15.8. The smallest absolute Gasteiger partial charge is 0.331 e. The van der Waals surface area contributed by atoms with E-state index in [-0.39, 0.29) is 11.3 Å². The van der Waals surface area contributed by atoms with Gasteiger partial charge in [-0.25, -0.2) is 4.79 Å². The quantitative estimate of drug-likeness (QED) is 0.511. The number of nitrogens with two attached hydrogens (primary N) is 1. The molecule has 0 unspecified atom stereocenters. The highest BCUT2D eigenvalue weighted by Gasteiger charge is 2.13. The third-order valence-corrected chi connectivity index (χ3v) is 2.63. The number of esters is 1. The van der Waals surface area contributed by atoms with Crippen LogP contribution in [0.5, 0.6) is 0 Å². The van der Waals surface area contributed by atoms with E-state index in [0.29, 0.717) is 5.02 Å². The van der Waals surface area contributed by atoms with E-state index in [4.69, 9.17) is 27.3 Å². The fourth-order valence-corrected chi connectivity index (χ4v) is 1.60. The maximum atomic E-state index is 11.6. The Morgan fingerprint density at radius 1 is 1.48 bits per heavy atom. The second-order valence-corrected chi connectivity index (χ2v) is 4.53. The number of nitriles is 1. The third kappa shape index (κ3) is 5.51. The molecule has 0 saturated heterocycles. The summed E-state index contributed by atoms with van der Waals surface area (Å²) in [7, 11) is 0. The molecule has 0 bridgehead atoms. The number of halogens is 1. The molecule has 21 heavy (non-hydrogen) atoms. The van der Waals surface area contributed by atoms with Gasteiger partial charge in [0.15, 0.2) is 6.61 Å². The second-order valence-electron chi connectivity index (χ2n) is 4.09. The van der Waals surface area contributed by atoms with Crippen LogP contribution in [0, 0.1) is 11.3 Å². The molecule has 6 heteroatoms. The van der Waals surface area contributed by atoms with Gasteiger partial charge in [-0.3, -0.25) is 4.79 Å². The number of carbonyl (C=O) groups is 2. The molecule has 0 aromatic heterocycles. The number of rotatable bonds is 5. The lowest BCUT2D eigenvalue weighted by molar-refractivity contribution is -0.141. The first-order chi connectivity index (χ1) is 9.93. The maximum Gasteiger partial charge on any atom is 0.331 e. The third-order valence-electron chi connectivity index (χ3n) is 2.39. The van der Waals surface area contributed by atoms with E-state index in [2.05, 4.69) is 0 Å². The van der Waals surface area contributed by atoms with Gasteiger partial charge in [0.25, 0.3) is 0 Å².